The van der Waals surface area contributed by atoms with Gasteiger partial charge in [-0.1, -0.05) is 0 Å². The van der Waals surface area contributed by atoms with Gasteiger partial charge in [-0.25, -0.2) is 4.79 Å². The van der Waals surface area contributed by atoms with E-state index in [0.717, 1.165) is 0 Å². The second-order valence-corrected chi connectivity index (χ2v) is 5.71. The number of aliphatic hydroxyl groups is 1. The van der Waals surface area contributed by atoms with Crippen LogP contribution in [0, 0.1) is 0 Å². The van der Waals surface area contributed by atoms with E-state index in [-0.39, 0.29) is 25.1 Å². The average Bonchev–Trinajstić information content (AvgIpc) is 2.28. The number of ether oxygens (including phenoxy) is 1. The van der Waals surface area contributed by atoms with Crippen LogP contribution in [0.5, 0.6) is 0 Å². The third-order valence-electron chi connectivity index (χ3n) is 3.00. The van der Waals surface area contributed by atoms with Gasteiger partial charge in [0.1, 0.15) is 12.1 Å². The second-order valence-electron chi connectivity index (χ2n) is 5.71. The number of hydrogen-bond acceptors (Lipinski definition) is 4. The first-order valence-electron chi connectivity index (χ1n) is 6.66. The molecule has 6 nitrogen and oxygen atoms in total. The largest absolute Gasteiger partial charge is 0.444 e. The molecule has 2 amide bonds. The number of likely N-dealkylation sites (N-methyl/N-ethyl adjacent to an activating group) is 1. The first kappa shape index (κ1) is 15.8. The molecule has 6 heteroatoms. The minimum absolute atomic E-state index is 0.0181. The molecule has 1 aliphatic heterocycles. The molecule has 1 fully saturated rings. The van der Waals surface area contributed by atoms with E-state index in [2.05, 4.69) is 0 Å². The van der Waals surface area contributed by atoms with Gasteiger partial charge in [0.25, 0.3) is 0 Å². The number of aliphatic hydroxyl groups excluding tert-OH is 1. The van der Waals surface area contributed by atoms with Gasteiger partial charge in [-0.05, 0) is 34.1 Å². The summed E-state index contributed by atoms with van der Waals surface area (Å²) in [6.07, 6.45) is -0.0432. The van der Waals surface area contributed by atoms with E-state index in [1.165, 1.54) is 4.90 Å². The van der Waals surface area contributed by atoms with Crippen LogP contribution in [0.4, 0.5) is 4.79 Å². The Morgan fingerprint density at radius 3 is 2.58 bits per heavy atom. The summed E-state index contributed by atoms with van der Waals surface area (Å²) in [5.41, 5.74) is -0.591. The van der Waals surface area contributed by atoms with Crippen LogP contribution >= 0.6 is 0 Å². The van der Waals surface area contributed by atoms with E-state index in [1.807, 2.05) is 6.92 Å². The maximum Gasteiger partial charge on any atom is 0.411 e. The summed E-state index contributed by atoms with van der Waals surface area (Å²) in [5, 5.41) is 9.09. The van der Waals surface area contributed by atoms with Gasteiger partial charge in [-0.2, -0.15) is 0 Å². The van der Waals surface area contributed by atoms with E-state index in [1.54, 1.807) is 25.7 Å². The van der Waals surface area contributed by atoms with Crippen LogP contribution in [0.25, 0.3) is 0 Å². The lowest BCUT2D eigenvalue weighted by atomic mass is 10.1. The smallest absolute Gasteiger partial charge is 0.411 e. The van der Waals surface area contributed by atoms with Crippen LogP contribution in [0.3, 0.4) is 0 Å². The number of amides is 2. The Hall–Kier alpha value is -1.30. The number of carbonyl (C=O) groups is 2. The fraction of sp³-hybridized carbons (Fsp3) is 0.846. The van der Waals surface area contributed by atoms with E-state index in [4.69, 9.17) is 9.84 Å². The lowest BCUT2D eigenvalue weighted by molar-refractivity contribution is -0.138. The summed E-state index contributed by atoms with van der Waals surface area (Å²) in [7, 11) is 0. The van der Waals surface area contributed by atoms with Crippen molar-refractivity contribution in [1.29, 1.82) is 0 Å². The van der Waals surface area contributed by atoms with Gasteiger partial charge in [0.2, 0.25) is 5.91 Å². The summed E-state index contributed by atoms with van der Waals surface area (Å²) in [5.74, 6) is -0.0810. The van der Waals surface area contributed by atoms with Crippen LogP contribution in [0.2, 0.25) is 0 Å². The molecule has 0 aliphatic carbocycles. The van der Waals surface area contributed by atoms with Gasteiger partial charge < -0.3 is 14.7 Å². The molecule has 1 N–H and O–H groups in total. The van der Waals surface area contributed by atoms with Gasteiger partial charge in [0.05, 0.1) is 6.04 Å². The Kier molecular flexibility index (Phi) is 5.17. The average molecular weight is 272 g/mol. The van der Waals surface area contributed by atoms with Crippen molar-refractivity contribution in [3.05, 3.63) is 0 Å². The molecule has 0 bridgehead atoms. The number of piperazine rings is 1. The molecule has 0 aromatic carbocycles. The number of nitrogens with zero attached hydrogens (tertiary/aromatic N) is 2. The molecule has 1 atom stereocenters. The van der Waals surface area contributed by atoms with Crippen molar-refractivity contribution in [3.8, 4) is 0 Å². The fourth-order valence-electron chi connectivity index (χ4n) is 2.07. The molecule has 1 aliphatic rings. The van der Waals surface area contributed by atoms with Gasteiger partial charge >= 0.3 is 6.09 Å². The molecule has 0 unspecified atom stereocenters. The first-order chi connectivity index (χ1) is 8.78. The van der Waals surface area contributed by atoms with Crippen LogP contribution in [-0.2, 0) is 9.53 Å². The van der Waals surface area contributed by atoms with Crippen LogP contribution in [0.1, 0.15) is 34.1 Å². The van der Waals surface area contributed by atoms with E-state index in [0.29, 0.717) is 19.5 Å². The third-order valence-corrected chi connectivity index (χ3v) is 3.00. The molecule has 1 saturated heterocycles. The number of carbonyl (C=O) groups excluding carboxylic acids is 2. The Labute approximate surface area is 114 Å². The topological polar surface area (TPSA) is 70.1 Å². The van der Waals surface area contributed by atoms with Gasteiger partial charge in [-0.3, -0.25) is 9.69 Å². The van der Waals surface area contributed by atoms with Gasteiger partial charge in [0, 0.05) is 19.7 Å². The summed E-state index contributed by atoms with van der Waals surface area (Å²) in [6, 6.07) is -0.183. The maximum absolute atomic E-state index is 12.1. The minimum atomic E-state index is -0.591. The predicted molar refractivity (Wildman–Crippen MR) is 70.7 cm³/mol. The minimum Gasteiger partial charge on any atom is -0.444 e. The molecular formula is C13H24N2O4. The molecule has 0 radical (unpaired) electrons. The van der Waals surface area contributed by atoms with Crippen molar-refractivity contribution in [2.45, 2.75) is 45.8 Å². The molecule has 0 aromatic rings. The lowest BCUT2D eigenvalue weighted by Gasteiger charge is -2.40. The highest BCUT2D eigenvalue weighted by Crippen LogP contribution is 2.18. The van der Waals surface area contributed by atoms with Crippen molar-refractivity contribution < 1.29 is 19.4 Å². The Morgan fingerprint density at radius 2 is 2.11 bits per heavy atom. The predicted octanol–water partition coefficient (Wildman–Crippen LogP) is 0.837. The molecule has 19 heavy (non-hydrogen) atoms. The van der Waals surface area contributed by atoms with E-state index in [9.17, 15) is 9.59 Å². The zero-order valence-corrected chi connectivity index (χ0v) is 12.2. The number of hydrogen-bond donors (Lipinski definition) is 1. The summed E-state index contributed by atoms with van der Waals surface area (Å²) in [4.78, 5) is 27.1. The zero-order valence-electron chi connectivity index (χ0n) is 12.2. The Morgan fingerprint density at radius 1 is 1.47 bits per heavy atom. The summed E-state index contributed by atoms with van der Waals surface area (Å²) >= 11 is 0. The fourth-order valence-corrected chi connectivity index (χ4v) is 2.07. The quantitative estimate of drug-likeness (QED) is 0.826. The van der Waals surface area contributed by atoms with Gasteiger partial charge in [0.15, 0.2) is 0 Å². The van der Waals surface area contributed by atoms with Crippen molar-refractivity contribution >= 4 is 12.0 Å². The van der Waals surface area contributed by atoms with E-state index < -0.39 is 11.7 Å². The van der Waals surface area contributed by atoms with Crippen LogP contribution < -0.4 is 0 Å². The van der Waals surface area contributed by atoms with Crippen molar-refractivity contribution in [2.24, 2.45) is 0 Å². The van der Waals surface area contributed by atoms with E-state index >= 15 is 0 Å². The standard InChI is InChI=1S/C13H24N2O4/c1-5-14-8-10(6-7-16)15(9-11(14)17)12(18)19-13(2,3)4/h10,16H,5-9H2,1-4H3/t10-/m1/s1. The highest BCUT2D eigenvalue weighted by atomic mass is 16.6. The van der Waals surface area contributed by atoms with Crippen molar-refractivity contribution in [3.63, 3.8) is 0 Å². The lowest BCUT2D eigenvalue weighted by Crippen LogP contribution is -2.58. The monoisotopic (exact) mass is 272 g/mol. The molecule has 110 valence electrons. The summed E-state index contributed by atoms with van der Waals surface area (Å²) < 4.78 is 5.31. The Balaban J connectivity index is 2.78. The zero-order chi connectivity index (χ0) is 14.6. The normalized spacial score (nSPS) is 20.7. The van der Waals surface area contributed by atoms with Crippen molar-refractivity contribution in [1.82, 2.24) is 9.80 Å². The first-order valence-corrected chi connectivity index (χ1v) is 6.66. The highest BCUT2D eigenvalue weighted by molar-refractivity contribution is 5.84. The third kappa shape index (κ3) is 4.38. The maximum atomic E-state index is 12.1. The molecule has 1 heterocycles. The van der Waals surface area contributed by atoms with Crippen LogP contribution in [-0.4, -0.2) is 64.8 Å². The second kappa shape index (κ2) is 6.23. The molecule has 1 rings (SSSR count). The number of rotatable bonds is 3. The molecule has 0 saturated carbocycles. The van der Waals surface area contributed by atoms with Crippen molar-refractivity contribution in [2.75, 3.05) is 26.2 Å². The summed E-state index contributed by atoms with van der Waals surface area (Å²) in [6.45, 7) is 8.33. The SMILES string of the molecule is CCN1C[C@@H](CCO)N(C(=O)OC(C)(C)C)CC1=O. The molecular weight excluding hydrogens is 248 g/mol. The van der Waals surface area contributed by atoms with Crippen LogP contribution in [0.15, 0.2) is 0 Å². The highest BCUT2D eigenvalue weighted by Gasteiger charge is 2.36. The van der Waals surface area contributed by atoms with Gasteiger partial charge in [-0.15, -0.1) is 0 Å². The molecule has 0 spiro atoms. The molecule has 0 aromatic heterocycles. The Bertz CT molecular complexity index is 338.